The van der Waals surface area contributed by atoms with Crippen molar-refractivity contribution in [1.29, 1.82) is 0 Å². The van der Waals surface area contributed by atoms with E-state index in [1.54, 1.807) is 13.0 Å². The zero-order valence-electron chi connectivity index (χ0n) is 14.3. The van der Waals surface area contributed by atoms with Gasteiger partial charge in [-0.15, -0.1) is 0 Å². The first-order valence-corrected chi connectivity index (χ1v) is 8.50. The number of fused-ring (bicyclic) bond motifs is 1. The number of carbonyl (C=O) groups excluding carboxylic acids is 2. The number of carbonyl (C=O) groups is 2. The van der Waals surface area contributed by atoms with Gasteiger partial charge >= 0.3 is 0 Å². The number of benzene rings is 1. The Bertz CT molecular complexity index is 625. The van der Waals surface area contributed by atoms with Gasteiger partial charge in [-0.05, 0) is 31.5 Å². The molecule has 6 nitrogen and oxygen atoms in total. The van der Waals surface area contributed by atoms with Crippen LogP contribution in [-0.2, 0) is 9.53 Å². The maximum atomic E-state index is 12.6. The highest BCUT2D eigenvalue weighted by Crippen LogP contribution is 2.35. The van der Waals surface area contributed by atoms with Crippen molar-refractivity contribution in [3.8, 4) is 5.75 Å². The zero-order chi connectivity index (χ0) is 17.1. The van der Waals surface area contributed by atoms with Crippen molar-refractivity contribution in [3.63, 3.8) is 0 Å². The largest absolute Gasteiger partial charge is 0.486 e. The Hall–Kier alpha value is -2.08. The number of hydrogen-bond acceptors (Lipinski definition) is 5. The van der Waals surface area contributed by atoms with Crippen molar-refractivity contribution < 1.29 is 19.1 Å². The lowest BCUT2D eigenvalue weighted by Gasteiger charge is -2.37. The predicted molar refractivity (Wildman–Crippen MR) is 90.8 cm³/mol. The number of hydrogen-bond donors (Lipinski definition) is 0. The molecule has 130 valence electrons. The van der Waals surface area contributed by atoms with Crippen molar-refractivity contribution in [2.24, 2.45) is 0 Å². The van der Waals surface area contributed by atoms with Crippen LogP contribution in [0.5, 0.6) is 5.75 Å². The van der Waals surface area contributed by atoms with E-state index < -0.39 is 0 Å². The van der Waals surface area contributed by atoms with E-state index in [4.69, 9.17) is 9.47 Å². The van der Waals surface area contributed by atoms with E-state index in [9.17, 15) is 9.59 Å². The van der Waals surface area contributed by atoms with Crippen LogP contribution in [0.1, 0.15) is 30.6 Å². The monoisotopic (exact) mass is 332 g/mol. The van der Waals surface area contributed by atoms with E-state index in [0.717, 1.165) is 17.9 Å². The second-order valence-electron chi connectivity index (χ2n) is 6.26. The van der Waals surface area contributed by atoms with Crippen molar-refractivity contribution >= 4 is 17.4 Å². The third-order valence-electron chi connectivity index (χ3n) is 4.57. The van der Waals surface area contributed by atoms with Gasteiger partial charge in [0.15, 0.2) is 5.78 Å². The predicted octanol–water partition coefficient (Wildman–Crippen LogP) is 1.73. The van der Waals surface area contributed by atoms with Crippen LogP contribution >= 0.6 is 0 Å². The number of amides is 1. The summed E-state index contributed by atoms with van der Waals surface area (Å²) in [5.41, 5.74) is 1.46. The number of morpholine rings is 1. The highest BCUT2D eigenvalue weighted by Gasteiger charge is 2.28. The van der Waals surface area contributed by atoms with Crippen LogP contribution in [0.15, 0.2) is 18.2 Å². The molecule has 0 saturated carbocycles. The van der Waals surface area contributed by atoms with Crippen molar-refractivity contribution in [1.82, 2.24) is 4.90 Å². The summed E-state index contributed by atoms with van der Waals surface area (Å²) in [6.45, 7) is 7.04. The van der Waals surface area contributed by atoms with Crippen LogP contribution in [0.25, 0.3) is 0 Å². The van der Waals surface area contributed by atoms with E-state index in [-0.39, 0.29) is 17.8 Å². The summed E-state index contributed by atoms with van der Waals surface area (Å²) in [7, 11) is 0. The fourth-order valence-corrected chi connectivity index (χ4v) is 3.08. The number of ketones is 1. The molecule has 1 atom stereocenters. The van der Waals surface area contributed by atoms with Gasteiger partial charge in [0.25, 0.3) is 0 Å². The summed E-state index contributed by atoms with van der Waals surface area (Å²) in [5, 5.41) is 0. The molecule has 1 fully saturated rings. The van der Waals surface area contributed by atoms with Crippen LogP contribution in [0, 0.1) is 0 Å². The summed E-state index contributed by atoms with van der Waals surface area (Å²) in [4.78, 5) is 28.2. The fraction of sp³-hybridized carbons (Fsp3) is 0.556. The van der Waals surface area contributed by atoms with Gasteiger partial charge < -0.3 is 19.3 Å². The van der Waals surface area contributed by atoms with E-state index >= 15 is 0 Å². The van der Waals surface area contributed by atoms with E-state index in [2.05, 4.69) is 6.92 Å². The lowest BCUT2D eigenvalue weighted by atomic mass is 10.1. The molecule has 24 heavy (non-hydrogen) atoms. The average Bonchev–Trinajstić information content (AvgIpc) is 2.61. The molecule has 0 radical (unpaired) electrons. The highest BCUT2D eigenvalue weighted by molar-refractivity contribution is 5.96. The van der Waals surface area contributed by atoms with E-state index in [1.165, 1.54) is 0 Å². The van der Waals surface area contributed by atoms with Gasteiger partial charge in [-0.3, -0.25) is 9.59 Å². The first-order valence-electron chi connectivity index (χ1n) is 8.50. The smallest absolute Gasteiger partial charge is 0.242 e. The van der Waals surface area contributed by atoms with Gasteiger partial charge in [-0.1, -0.05) is 6.92 Å². The van der Waals surface area contributed by atoms with Gasteiger partial charge in [-0.25, -0.2) is 0 Å². The van der Waals surface area contributed by atoms with E-state index in [0.29, 0.717) is 45.0 Å². The van der Waals surface area contributed by atoms with Crippen molar-refractivity contribution in [2.75, 3.05) is 44.3 Å². The van der Waals surface area contributed by atoms with Crippen LogP contribution in [0.4, 0.5) is 5.69 Å². The lowest BCUT2D eigenvalue weighted by Crippen LogP contribution is -2.49. The molecule has 2 aliphatic rings. The average molecular weight is 332 g/mol. The molecule has 3 rings (SSSR count). The number of nitrogens with zero attached hydrogens (tertiary/aromatic N) is 2. The molecular weight excluding hydrogens is 308 g/mol. The molecule has 1 aromatic carbocycles. The van der Waals surface area contributed by atoms with Gasteiger partial charge in [0.05, 0.1) is 32.0 Å². The Balaban J connectivity index is 1.82. The van der Waals surface area contributed by atoms with Crippen LogP contribution in [0.3, 0.4) is 0 Å². The molecule has 1 aromatic rings. The quantitative estimate of drug-likeness (QED) is 0.786. The first-order chi connectivity index (χ1) is 11.6. The second kappa shape index (κ2) is 7.21. The zero-order valence-corrected chi connectivity index (χ0v) is 14.3. The maximum Gasteiger partial charge on any atom is 0.242 e. The molecule has 1 amide bonds. The Labute approximate surface area is 142 Å². The SMILES string of the molecule is CCC1CN(CC(=O)N2CCOCC2)c2cc(C(C)=O)ccc2O1. The number of ether oxygens (including phenoxy) is 2. The molecule has 0 N–H and O–H groups in total. The maximum absolute atomic E-state index is 12.6. The standard InChI is InChI=1S/C18H24N2O4/c1-3-15-11-20(12-18(22)19-6-8-23-9-7-19)16-10-14(13(2)21)4-5-17(16)24-15/h4-5,10,15H,3,6-9,11-12H2,1-2H3. The number of rotatable bonds is 4. The minimum absolute atomic E-state index is 0.00914. The summed E-state index contributed by atoms with van der Waals surface area (Å²) in [5.74, 6) is 0.844. The molecule has 0 spiro atoms. The third-order valence-corrected chi connectivity index (χ3v) is 4.57. The molecule has 0 aliphatic carbocycles. The molecule has 6 heteroatoms. The van der Waals surface area contributed by atoms with Gasteiger partial charge in [0.2, 0.25) is 5.91 Å². The topological polar surface area (TPSA) is 59.1 Å². The van der Waals surface area contributed by atoms with Gasteiger partial charge in [0.1, 0.15) is 11.9 Å². The number of Topliss-reactive ketones (excluding diaryl/α,β-unsaturated/α-hetero) is 1. The first kappa shape index (κ1) is 16.8. The summed E-state index contributed by atoms with van der Waals surface area (Å²) < 4.78 is 11.3. The molecule has 0 bridgehead atoms. The normalized spacial score (nSPS) is 20.3. The Morgan fingerprint density at radius 3 is 2.67 bits per heavy atom. The van der Waals surface area contributed by atoms with Crippen molar-refractivity contribution in [2.45, 2.75) is 26.4 Å². The third kappa shape index (κ3) is 3.53. The number of anilines is 1. The van der Waals surface area contributed by atoms with Crippen LogP contribution in [0.2, 0.25) is 0 Å². The minimum atomic E-state index is 0.00914. The molecule has 1 saturated heterocycles. The highest BCUT2D eigenvalue weighted by atomic mass is 16.5. The van der Waals surface area contributed by atoms with E-state index in [1.807, 2.05) is 21.9 Å². The lowest BCUT2D eigenvalue weighted by molar-refractivity contribution is -0.133. The summed E-state index contributed by atoms with van der Waals surface area (Å²) in [6.07, 6.45) is 0.925. The Morgan fingerprint density at radius 2 is 2.00 bits per heavy atom. The van der Waals surface area contributed by atoms with Crippen molar-refractivity contribution in [3.05, 3.63) is 23.8 Å². The molecule has 2 aliphatic heterocycles. The molecular formula is C18H24N2O4. The van der Waals surface area contributed by atoms with Gasteiger partial charge in [-0.2, -0.15) is 0 Å². The molecule has 1 unspecified atom stereocenters. The van der Waals surface area contributed by atoms with Crippen LogP contribution < -0.4 is 9.64 Å². The second-order valence-corrected chi connectivity index (χ2v) is 6.26. The molecule has 0 aromatic heterocycles. The Kier molecular flexibility index (Phi) is 5.04. The Morgan fingerprint density at radius 1 is 1.25 bits per heavy atom. The summed E-state index contributed by atoms with van der Waals surface area (Å²) >= 11 is 0. The minimum Gasteiger partial charge on any atom is -0.486 e. The summed E-state index contributed by atoms with van der Waals surface area (Å²) in [6, 6.07) is 5.44. The molecule has 2 heterocycles. The fourth-order valence-electron chi connectivity index (χ4n) is 3.08. The van der Waals surface area contributed by atoms with Crippen LogP contribution in [-0.4, -0.2) is 62.1 Å². The van der Waals surface area contributed by atoms with Gasteiger partial charge in [0, 0.05) is 18.7 Å².